The average Bonchev–Trinajstić information content (AvgIpc) is 2.60. The van der Waals surface area contributed by atoms with Crippen LogP contribution in [0.1, 0.15) is 22.9 Å². The van der Waals surface area contributed by atoms with Crippen LogP contribution in [0.25, 0.3) is 0 Å². The van der Waals surface area contributed by atoms with Gasteiger partial charge in [0.2, 0.25) is 0 Å². The number of aryl methyl sites for hydroxylation is 1. The summed E-state index contributed by atoms with van der Waals surface area (Å²) >= 11 is 13.3. The van der Waals surface area contributed by atoms with Crippen molar-refractivity contribution in [1.82, 2.24) is 5.32 Å². The molecule has 14 heavy (non-hydrogen) atoms. The normalized spacial score (nSPS) is 19.7. The Morgan fingerprint density at radius 3 is 3.21 bits per heavy atom. The highest BCUT2D eigenvalue weighted by Crippen LogP contribution is 2.39. The third kappa shape index (κ3) is 2.14. The Kier molecular flexibility index (Phi) is 3.17. The Morgan fingerprint density at radius 1 is 1.71 bits per heavy atom. The molecule has 0 amide bonds. The predicted molar refractivity (Wildman–Crippen MR) is 63.4 cm³/mol. The third-order valence-corrected chi connectivity index (χ3v) is 3.86. The Bertz CT molecular complexity index is 359. The molecule has 1 aromatic rings. The Balaban J connectivity index is 2.06. The van der Waals surface area contributed by atoms with E-state index in [9.17, 15) is 0 Å². The van der Waals surface area contributed by atoms with Crippen LogP contribution < -0.4 is 5.32 Å². The summed E-state index contributed by atoms with van der Waals surface area (Å²) in [5, 5.41) is 4.02. The molecule has 0 saturated carbocycles. The highest BCUT2D eigenvalue weighted by Gasteiger charge is 2.24. The van der Waals surface area contributed by atoms with E-state index >= 15 is 0 Å². The molecule has 1 nitrogen and oxygen atoms in total. The van der Waals surface area contributed by atoms with Gasteiger partial charge in [0.15, 0.2) is 0 Å². The lowest BCUT2D eigenvalue weighted by molar-refractivity contribution is 0.562. The van der Waals surface area contributed by atoms with Crippen molar-refractivity contribution in [3.8, 4) is 0 Å². The molecule has 1 aliphatic rings. The molecule has 0 fully saturated rings. The maximum Gasteiger partial charge on any atom is 0.0934 e. The zero-order chi connectivity index (χ0) is 10.1. The fraction of sp³-hybridized carbons (Fsp3) is 0.400. The van der Waals surface area contributed by atoms with Gasteiger partial charge in [-0.05, 0) is 24.5 Å². The van der Waals surface area contributed by atoms with E-state index < -0.39 is 0 Å². The summed E-state index contributed by atoms with van der Waals surface area (Å²) in [6.45, 7) is 4.32. The van der Waals surface area contributed by atoms with Crippen LogP contribution in [0.15, 0.2) is 17.7 Å². The van der Waals surface area contributed by atoms with Gasteiger partial charge in [0.25, 0.3) is 0 Å². The van der Waals surface area contributed by atoms with Gasteiger partial charge in [0.05, 0.1) is 4.34 Å². The molecule has 1 aliphatic carbocycles. The van der Waals surface area contributed by atoms with E-state index in [1.165, 1.54) is 10.4 Å². The van der Waals surface area contributed by atoms with E-state index in [4.69, 9.17) is 23.2 Å². The van der Waals surface area contributed by atoms with E-state index in [0.29, 0.717) is 17.6 Å². The largest absolute Gasteiger partial charge is 0.305 e. The van der Waals surface area contributed by atoms with Crippen molar-refractivity contribution in [2.75, 3.05) is 6.54 Å². The standard InChI is InChI=1S/C10H11Cl2NS/c1-6(11)5-13-8-2-3-9-7(8)4-10(12)14-9/h4,8,13H,1-3,5H2. The summed E-state index contributed by atoms with van der Waals surface area (Å²) < 4.78 is 0.881. The van der Waals surface area contributed by atoms with Gasteiger partial charge >= 0.3 is 0 Å². The molecule has 0 aromatic carbocycles. The number of nitrogens with one attached hydrogen (secondary N) is 1. The molecule has 1 N–H and O–H groups in total. The first-order valence-electron chi connectivity index (χ1n) is 4.51. The van der Waals surface area contributed by atoms with E-state index in [2.05, 4.69) is 18.0 Å². The quantitative estimate of drug-likeness (QED) is 0.859. The lowest BCUT2D eigenvalue weighted by Crippen LogP contribution is -2.20. The fourth-order valence-corrected chi connectivity index (χ4v) is 3.21. The summed E-state index contributed by atoms with van der Waals surface area (Å²) in [7, 11) is 0. The summed E-state index contributed by atoms with van der Waals surface area (Å²) in [5.41, 5.74) is 1.35. The van der Waals surface area contributed by atoms with Crippen LogP contribution >= 0.6 is 34.5 Å². The first kappa shape index (κ1) is 10.5. The van der Waals surface area contributed by atoms with E-state index in [1.807, 2.05) is 0 Å². The molecule has 0 radical (unpaired) electrons. The van der Waals surface area contributed by atoms with Gasteiger partial charge in [-0.2, -0.15) is 0 Å². The number of rotatable bonds is 3. The van der Waals surface area contributed by atoms with Crippen LogP contribution in [0.5, 0.6) is 0 Å². The molecular weight excluding hydrogens is 237 g/mol. The number of fused-ring (bicyclic) bond motifs is 1. The lowest BCUT2D eigenvalue weighted by Gasteiger charge is -2.11. The first-order chi connectivity index (χ1) is 6.66. The maximum atomic E-state index is 5.95. The molecular formula is C10H11Cl2NS. The number of hydrogen-bond acceptors (Lipinski definition) is 2. The van der Waals surface area contributed by atoms with E-state index in [0.717, 1.165) is 17.2 Å². The molecule has 76 valence electrons. The van der Waals surface area contributed by atoms with Crippen LogP contribution in [-0.2, 0) is 6.42 Å². The minimum atomic E-state index is 0.407. The van der Waals surface area contributed by atoms with Gasteiger partial charge in [-0.3, -0.25) is 0 Å². The van der Waals surface area contributed by atoms with Crippen molar-refractivity contribution in [1.29, 1.82) is 0 Å². The SMILES string of the molecule is C=C(Cl)CNC1CCc2sc(Cl)cc21. The van der Waals surface area contributed by atoms with Crippen LogP contribution in [0.2, 0.25) is 4.34 Å². The summed E-state index contributed by atoms with van der Waals surface area (Å²) in [4.78, 5) is 1.41. The van der Waals surface area contributed by atoms with Gasteiger partial charge in [0, 0.05) is 22.5 Å². The molecule has 0 bridgehead atoms. The third-order valence-electron chi connectivity index (χ3n) is 2.39. The zero-order valence-corrected chi connectivity index (χ0v) is 9.98. The van der Waals surface area contributed by atoms with Gasteiger partial charge < -0.3 is 5.32 Å². The smallest absolute Gasteiger partial charge is 0.0934 e. The summed E-state index contributed by atoms with van der Waals surface area (Å²) in [6.07, 6.45) is 2.27. The molecule has 0 saturated heterocycles. The molecule has 4 heteroatoms. The Morgan fingerprint density at radius 2 is 2.50 bits per heavy atom. The predicted octanol–water partition coefficient (Wildman–Crippen LogP) is 3.73. The second-order valence-electron chi connectivity index (χ2n) is 3.42. The minimum Gasteiger partial charge on any atom is -0.305 e. The highest BCUT2D eigenvalue weighted by molar-refractivity contribution is 7.16. The lowest BCUT2D eigenvalue weighted by atomic mass is 10.2. The highest BCUT2D eigenvalue weighted by atomic mass is 35.5. The second-order valence-corrected chi connectivity index (χ2v) is 5.72. The van der Waals surface area contributed by atoms with E-state index in [-0.39, 0.29) is 0 Å². The first-order valence-corrected chi connectivity index (χ1v) is 6.09. The number of halogens is 2. The number of thiophene rings is 1. The summed E-state index contributed by atoms with van der Waals surface area (Å²) in [5.74, 6) is 0. The van der Waals surface area contributed by atoms with Gasteiger partial charge in [-0.1, -0.05) is 29.8 Å². The van der Waals surface area contributed by atoms with Crippen molar-refractivity contribution < 1.29 is 0 Å². The molecule has 1 atom stereocenters. The van der Waals surface area contributed by atoms with Gasteiger partial charge in [-0.25, -0.2) is 0 Å². The average molecular weight is 248 g/mol. The Hall–Kier alpha value is -0.0200. The van der Waals surface area contributed by atoms with Gasteiger partial charge in [0.1, 0.15) is 0 Å². The second kappa shape index (κ2) is 4.23. The summed E-state index contributed by atoms with van der Waals surface area (Å²) in [6, 6.07) is 2.47. The molecule has 0 aliphatic heterocycles. The molecule has 0 spiro atoms. The molecule has 1 unspecified atom stereocenters. The zero-order valence-electron chi connectivity index (χ0n) is 7.65. The Labute approximate surface area is 97.7 Å². The van der Waals surface area contributed by atoms with Crippen LogP contribution in [0.4, 0.5) is 0 Å². The monoisotopic (exact) mass is 247 g/mol. The molecule has 2 rings (SSSR count). The van der Waals surface area contributed by atoms with Crippen molar-refractivity contribution in [3.63, 3.8) is 0 Å². The topological polar surface area (TPSA) is 12.0 Å². The van der Waals surface area contributed by atoms with Gasteiger partial charge in [-0.15, -0.1) is 11.3 Å². The fourth-order valence-electron chi connectivity index (χ4n) is 1.78. The molecule has 1 heterocycles. The van der Waals surface area contributed by atoms with Crippen molar-refractivity contribution in [2.24, 2.45) is 0 Å². The van der Waals surface area contributed by atoms with Crippen molar-refractivity contribution in [2.45, 2.75) is 18.9 Å². The molecule has 1 aromatic heterocycles. The van der Waals surface area contributed by atoms with Crippen LogP contribution in [0, 0.1) is 0 Å². The van der Waals surface area contributed by atoms with Crippen molar-refractivity contribution >= 4 is 34.5 Å². The van der Waals surface area contributed by atoms with Crippen molar-refractivity contribution in [3.05, 3.63) is 32.5 Å². The minimum absolute atomic E-state index is 0.407. The number of hydrogen-bond donors (Lipinski definition) is 1. The van der Waals surface area contributed by atoms with Crippen LogP contribution in [0.3, 0.4) is 0 Å². The van der Waals surface area contributed by atoms with E-state index in [1.54, 1.807) is 11.3 Å². The maximum absolute atomic E-state index is 5.95. The van der Waals surface area contributed by atoms with Crippen LogP contribution in [-0.4, -0.2) is 6.54 Å².